The van der Waals surface area contributed by atoms with Gasteiger partial charge in [0.15, 0.2) is 0 Å². The number of rotatable bonds is 2. The number of benzene rings is 1. The maximum absolute atomic E-state index is 12.5. The Kier molecular flexibility index (Phi) is 3.47. The van der Waals surface area contributed by atoms with Crippen LogP contribution in [0.25, 0.3) is 0 Å². The molecule has 0 aliphatic carbocycles. The van der Waals surface area contributed by atoms with Crippen molar-refractivity contribution in [1.29, 1.82) is 0 Å². The molecule has 0 radical (unpaired) electrons. The minimum atomic E-state index is -0.0700. The second-order valence-corrected chi connectivity index (χ2v) is 5.71. The van der Waals surface area contributed by atoms with E-state index in [1.807, 2.05) is 30.0 Å². The van der Waals surface area contributed by atoms with E-state index >= 15 is 0 Å². The van der Waals surface area contributed by atoms with Crippen molar-refractivity contribution in [1.82, 2.24) is 4.90 Å². The number of para-hydroxylation sites is 1. The zero-order valence-corrected chi connectivity index (χ0v) is 11.8. The predicted octanol–water partition coefficient (Wildman–Crippen LogP) is 1.98. The SMILES string of the molecule is CC1Cc2ccccc2N1C(=O)CC(=O)N1CCCC1. The van der Waals surface area contributed by atoms with Gasteiger partial charge in [0.2, 0.25) is 11.8 Å². The second kappa shape index (κ2) is 5.27. The predicted molar refractivity (Wildman–Crippen MR) is 77.5 cm³/mol. The fourth-order valence-corrected chi connectivity index (χ4v) is 3.24. The van der Waals surface area contributed by atoms with E-state index in [2.05, 4.69) is 6.07 Å². The molecule has 3 rings (SSSR count). The average Bonchev–Trinajstić information content (AvgIpc) is 3.04. The van der Waals surface area contributed by atoms with Gasteiger partial charge in [-0.1, -0.05) is 18.2 Å². The summed E-state index contributed by atoms with van der Waals surface area (Å²) in [6.45, 7) is 3.65. The summed E-state index contributed by atoms with van der Waals surface area (Å²) in [6, 6.07) is 8.11. The molecule has 1 fully saturated rings. The van der Waals surface area contributed by atoms with Gasteiger partial charge in [-0.25, -0.2) is 0 Å². The van der Waals surface area contributed by atoms with Gasteiger partial charge in [0.25, 0.3) is 0 Å². The van der Waals surface area contributed by atoms with Gasteiger partial charge in [0.05, 0.1) is 0 Å². The quantitative estimate of drug-likeness (QED) is 0.772. The van der Waals surface area contributed by atoms with Crippen molar-refractivity contribution in [2.75, 3.05) is 18.0 Å². The zero-order valence-electron chi connectivity index (χ0n) is 11.8. The normalized spacial score (nSPS) is 21.1. The highest BCUT2D eigenvalue weighted by atomic mass is 16.2. The van der Waals surface area contributed by atoms with Gasteiger partial charge >= 0.3 is 0 Å². The number of hydrogen-bond donors (Lipinski definition) is 0. The van der Waals surface area contributed by atoms with Crippen LogP contribution in [0.5, 0.6) is 0 Å². The number of likely N-dealkylation sites (tertiary alicyclic amines) is 1. The largest absolute Gasteiger partial charge is 0.342 e. The molecule has 106 valence electrons. The summed E-state index contributed by atoms with van der Waals surface area (Å²) in [5.74, 6) is -0.0940. The second-order valence-electron chi connectivity index (χ2n) is 5.71. The lowest BCUT2D eigenvalue weighted by Crippen LogP contribution is -2.39. The van der Waals surface area contributed by atoms with E-state index in [4.69, 9.17) is 0 Å². The highest BCUT2D eigenvalue weighted by molar-refractivity contribution is 6.06. The molecule has 0 saturated carbocycles. The highest BCUT2D eigenvalue weighted by Gasteiger charge is 2.32. The van der Waals surface area contributed by atoms with E-state index in [0.29, 0.717) is 0 Å². The molecule has 2 amide bonds. The van der Waals surface area contributed by atoms with Crippen LogP contribution in [0.3, 0.4) is 0 Å². The van der Waals surface area contributed by atoms with E-state index in [0.717, 1.165) is 38.0 Å². The van der Waals surface area contributed by atoms with Crippen LogP contribution < -0.4 is 4.90 Å². The van der Waals surface area contributed by atoms with Crippen molar-refractivity contribution >= 4 is 17.5 Å². The summed E-state index contributed by atoms with van der Waals surface area (Å²) in [5.41, 5.74) is 2.17. The number of carbonyl (C=O) groups is 2. The molecule has 2 aliphatic heterocycles. The van der Waals surface area contributed by atoms with E-state index in [1.54, 1.807) is 4.90 Å². The molecule has 0 N–H and O–H groups in total. The van der Waals surface area contributed by atoms with Crippen LogP contribution in [-0.2, 0) is 16.0 Å². The molecule has 2 heterocycles. The van der Waals surface area contributed by atoms with Crippen molar-refractivity contribution in [2.24, 2.45) is 0 Å². The first-order valence-corrected chi connectivity index (χ1v) is 7.34. The average molecular weight is 272 g/mol. The zero-order chi connectivity index (χ0) is 14.1. The smallest absolute Gasteiger partial charge is 0.236 e. The molecule has 1 saturated heterocycles. The lowest BCUT2D eigenvalue weighted by molar-refractivity contribution is -0.134. The summed E-state index contributed by atoms with van der Waals surface area (Å²) in [5, 5.41) is 0. The molecular weight excluding hydrogens is 252 g/mol. The van der Waals surface area contributed by atoms with Gasteiger partial charge in [-0.3, -0.25) is 9.59 Å². The summed E-state index contributed by atoms with van der Waals surface area (Å²) in [4.78, 5) is 28.2. The fraction of sp³-hybridized carbons (Fsp3) is 0.500. The van der Waals surface area contributed by atoms with E-state index in [-0.39, 0.29) is 24.3 Å². The van der Waals surface area contributed by atoms with Crippen molar-refractivity contribution in [3.8, 4) is 0 Å². The van der Waals surface area contributed by atoms with Crippen molar-refractivity contribution in [3.63, 3.8) is 0 Å². The topological polar surface area (TPSA) is 40.6 Å². The summed E-state index contributed by atoms with van der Waals surface area (Å²) < 4.78 is 0. The monoisotopic (exact) mass is 272 g/mol. The van der Waals surface area contributed by atoms with Crippen molar-refractivity contribution in [2.45, 2.75) is 38.6 Å². The Morgan fingerprint density at radius 1 is 1.15 bits per heavy atom. The number of amides is 2. The van der Waals surface area contributed by atoms with Crippen LogP contribution >= 0.6 is 0 Å². The number of nitrogens with zero attached hydrogens (tertiary/aromatic N) is 2. The van der Waals surface area contributed by atoms with Crippen LogP contribution in [0.1, 0.15) is 31.7 Å². The molecule has 4 heteroatoms. The molecule has 0 spiro atoms. The number of anilines is 1. The number of fused-ring (bicyclic) bond motifs is 1. The Morgan fingerprint density at radius 3 is 2.60 bits per heavy atom. The minimum absolute atomic E-state index is 0.00132. The molecule has 1 aromatic carbocycles. The summed E-state index contributed by atoms with van der Waals surface area (Å²) in [6.07, 6.45) is 2.99. The first-order chi connectivity index (χ1) is 9.66. The molecule has 1 aromatic rings. The fourth-order valence-electron chi connectivity index (χ4n) is 3.24. The molecule has 1 atom stereocenters. The minimum Gasteiger partial charge on any atom is -0.342 e. The van der Waals surface area contributed by atoms with Gasteiger partial charge in [-0.05, 0) is 37.8 Å². The molecule has 0 bridgehead atoms. The maximum Gasteiger partial charge on any atom is 0.236 e. The Morgan fingerprint density at radius 2 is 1.85 bits per heavy atom. The molecule has 1 unspecified atom stereocenters. The van der Waals surface area contributed by atoms with Crippen LogP contribution in [-0.4, -0.2) is 35.8 Å². The highest BCUT2D eigenvalue weighted by Crippen LogP contribution is 2.32. The third-order valence-electron chi connectivity index (χ3n) is 4.24. The van der Waals surface area contributed by atoms with Crippen LogP contribution in [0, 0.1) is 0 Å². The molecule has 4 nitrogen and oxygen atoms in total. The van der Waals surface area contributed by atoms with Crippen LogP contribution in [0.2, 0.25) is 0 Å². The van der Waals surface area contributed by atoms with Gasteiger partial charge in [-0.15, -0.1) is 0 Å². The first kappa shape index (κ1) is 13.2. The van der Waals surface area contributed by atoms with E-state index in [9.17, 15) is 9.59 Å². The Balaban J connectivity index is 1.72. The van der Waals surface area contributed by atoms with Gasteiger partial charge in [-0.2, -0.15) is 0 Å². The summed E-state index contributed by atoms with van der Waals surface area (Å²) >= 11 is 0. The third kappa shape index (κ3) is 2.30. The Hall–Kier alpha value is -1.84. The Bertz CT molecular complexity index is 535. The lowest BCUT2D eigenvalue weighted by Gasteiger charge is -2.24. The molecule has 2 aliphatic rings. The van der Waals surface area contributed by atoms with Gasteiger partial charge in [0, 0.05) is 24.8 Å². The van der Waals surface area contributed by atoms with Crippen LogP contribution in [0.4, 0.5) is 5.69 Å². The van der Waals surface area contributed by atoms with Crippen molar-refractivity contribution in [3.05, 3.63) is 29.8 Å². The summed E-state index contributed by atoms with van der Waals surface area (Å²) in [7, 11) is 0. The van der Waals surface area contributed by atoms with Crippen molar-refractivity contribution < 1.29 is 9.59 Å². The number of carbonyl (C=O) groups excluding carboxylic acids is 2. The molecule has 20 heavy (non-hydrogen) atoms. The lowest BCUT2D eigenvalue weighted by atomic mass is 10.1. The van der Waals surface area contributed by atoms with E-state index < -0.39 is 0 Å². The molecular formula is C16H20N2O2. The van der Waals surface area contributed by atoms with Gasteiger partial charge < -0.3 is 9.80 Å². The van der Waals surface area contributed by atoms with E-state index in [1.165, 1.54) is 5.56 Å². The maximum atomic E-state index is 12.5. The standard InChI is InChI=1S/C16H20N2O2/c1-12-10-13-6-2-3-7-14(13)18(12)16(20)11-15(19)17-8-4-5-9-17/h2-3,6-7,12H,4-5,8-11H2,1H3. The Labute approximate surface area is 119 Å². The third-order valence-corrected chi connectivity index (χ3v) is 4.24. The van der Waals surface area contributed by atoms with Crippen LogP contribution in [0.15, 0.2) is 24.3 Å². The number of hydrogen-bond acceptors (Lipinski definition) is 2. The van der Waals surface area contributed by atoms with Gasteiger partial charge in [0.1, 0.15) is 6.42 Å². The first-order valence-electron chi connectivity index (χ1n) is 7.34. The molecule has 0 aromatic heterocycles.